The van der Waals surface area contributed by atoms with Crippen LogP contribution in [0.4, 0.5) is 0 Å². The van der Waals surface area contributed by atoms with E-state index in [9.17, 15) is 0 Å². The standard InChI is InChI=1S/C16H25BrN2S/c1-19(2)16(8-3-4-9-16)11-18-13-6-5-7-14-12(13)10-15(17)20-14/h10,13,18H,3-9,11H2,1-2H3. The van der Waals surface area contributed by atoms with Gasteiger partial charge in [-0.25, -0.2) is 0 Å². The minimum Gasteiger partial charge on any atom is -0.308 e. The summed E-state index contributed by atoms with van der Waals surface area (Å²) in [4.78, 5) is 4.05. The Labute approximate surface area is 135 Å². The normalized spacial score (nSPS) is 25.1. The Bertz CT molecular complexity index is 463. The Balaban J connectivity index is 1.69. The molecule has 1 N–H and O–H groups in total. The van der Waals surface area contributed by atoms with E-state index in [4.69, 9.17) is 0 Å². The first kappa shape index (κ1) is 15.0. The Morgan fingerprint density at radius 1 is 1.35 bits per heavy atom. The van der Waals surface area contributed by atoms with Gasteiger partial charge in [0, 0.05) is 23.0 Å². The number of fused-ring (bicyclic) bond motifs is 1. The molecule has 1 atom stereocenters. The average Bonchev–Trinajstić information content (AvgIpc) is 3.02. The van der Waals surface area contributed by atoms with Crippen LogP contribution in [0.1, 0.15) is 55.0 Å². The van der Waals surface area contributed by atoms with Gasteiger partial charge in [0.25, 0.3) is 0 Å². The van der Waals surface area contributed by atoms with Crippen molar-refractivity contribution in [3.8, 4) is 0 Å². The van der Waals surface area contributed by atoms with Gasteiger partial charge < -0.3 is 10.2 Å². The summed E-state index contributed by atoms with van der Waals surface area (Å²) >= 11 is 5.58. The third-order valence-electron chi connectivity index (χ3n) is 5.24. The maximum Gasteiger partial charge on any atom is 0.0704 e. The lowest BCUT2D eigenvalue weighted by Crippen LogP contribution is -2.50. The predicted octanol–water partition coefficient (Wildman–Crippen LogP) is 4.35. The summed E-state index contributed by atoms with van der Waals surface area (Å²) in [5.41, 5.74) is 1.95. The molecule has 0 radical (unpaired) electrons. The van der Waals surface area contributed by atoms with Crippen LogP contribution >= 0.6 is 27.3 Å². The SMILES string of the molecule is CN(C)C1(CNC2CCCc3sc(Br)cc32)CCCC1. The van der Waals surface area contributed by atoms with Crippen molar-refractivity contribution in [2.75, 3.05) is 20.6 Å². The van der Waals surface area contributed by atoms with E-state index in [1.165, 1.54) is 48.7 Å². The van der Waals surface area contributed by atoms with Gasteiger partial charge in [0.15, 0.2) is 0 Å². The maximum atomic E-state index is 3.90. The summed E-state index contributed by atoms with van der Waals surface area (Å²) in [6.45, 7) is 1.14. The topological polar surface area (TPSA) is 15.3 Å². The molecule has 2 nitrogen and oxygen atoms in total. The largest absolute Gasteiger partial charge is 0.308 e. The van der Waals surface area contributed by atoms with E-state index in [0.717, 1.165) is 6.54 Å². The van der Waals surface area contributed by atoms with Crippen LogP contribution in [-0.4, -0.2) is 31.1 Å². The highest BCUT2D eigenvalue weighted by Gasteiger charge is 2.36. The zero-order chi connectivity index (χ0) is 14.2. The van der Waals surface area contributed by atoms with Crippen LogP contribution in [0.5, 0.6) is 0 Å². The molecule has 1 fully saturated rings. The molecule has 4 heteroatoms. The summed E-state index contributed by atoms with van der Waals surface area (Å²) in [6.07, 6.45) is 9.36. The third-order valence-corrected chi connectivity index (χ3v) is 6.96. The molecule has 1 saturated carbocycles. The number of nitrogens with one attached hydrogen (secondary N) is 1. The molecule has 112 valence electrons. The highest BCUT2D eigenvalue weighted by atomic mass is 79.9. The fourth-order valence-corrected chi connectivity index (χ4v) is 5.68. The van der Waals surface area contributed by atoms with Gasteiger partial charge in [-0.15, -0.1) is 11.3 Å². The zero-order valence-corrected chi connectivity index (χ0v) is 14.9. The third kappa shape index (κ3) is 2.85. The van der Waals surface area contributed by atoms with Crippen LogP contribution < -0.4 is 5.32 Å². The van der Waals surface area contributed by atoms with Crippen molar-refractivity contribution in [2.45, 2.75) is 56.5 Å². The molecule has 2 aliphatic rings. The summed E-state index contributed by atoms with van der Waals surface area (Å²) in [7, 11) is 4.50. The molecule has 0 spiro atoms. The summed E-state index contributed by atoms with van der Waals surface area (Å²) < 4.78 is 1.29. The van der Waals surface area contributed by atoms with Crippen LogP contribution in [0.3, 0.4) is 0 Å². The van der Waals surface area contributed by atoms with Gasteiger partial charge in [0.1, 0.15) is 0 Å². The fourth-order valence-electron chi connectivity index (χ4n) is 3.86. The number of hydrogen-bond donors (Lipinski definition) is 1. The molecule has 1 aromatic heterocycles. The first-order valence-corrected chi connectivity index (χ1v) is 9.41. The lowest BCUT2D eigenvalue weighted by Gasteiger charge is -2.38. The van der Waals surface area contributed by atoms with Gasteiger partial charge >= 0.3 is 0 Å². The number of halogens is 1. The minimum absolute atomic E-state index is 0.394. The summed E-state index contributed by atoms with van der Waals surface area (Å²) in [5.74, 6) is 0. The van der Waals surface area contributed by atoms with Gasteiger partial charge in [-0.1, -0.05) is 12.8 Å². The molecule has 0 bridgehead atoms. The summed E-state index contributed by atoms with van der Waals surface area (Å²) in [5, 5.41) is 3.90. The van der Waals surface area contributed by atoms with Gasteiger partial charge in [0.2, 0.25) is 0 Å². The predicted molar refractivity (Wildman–Crippen MR) is 90.6 cm³/mol. The Morgan fingerprint density at radius 2 is 2.10 bits per heavy atom. The van der Waals surface area contributed by atoms with Crippen LogP contribution in [-0.2, 0) is 6.42 Å². The Kier molecular flexibility index (Phi) is 4.56. The molecule has 0 aliphatic heterocycles. The van der Waals surface area contributed by atoms with Gasteiger partial charge in [-0.05, 0) is 73.8 Å². The molecule has 3 rings (SSSR count). The number of aryl methyl sites for hydroxylation is 1. The van der Waals surface area contributed by atoms with Gasteiger partial charge in [-0.2, -0.15) is 0 Å². The van der Waals surface area contributed by atoms with E-state index in [1.807, 2.05) is 11.3 Å². The lowest BCUT2D eigenvalue weighted by molar-refractivity contribution is 0.147. The Hall–Kier alpha value is 0.100. The molecule has 0 amide bonds. The molecule has 2 aliphatic carbocycles. The lowest BCUT2D eigenvalue weighted by atomic mass is 9.91. The van der Waals surface area contributed by atoms with Crippen LogP contribution in [0.2, 0.25) is 0 Å². The quantitative estimate of drug-likeness (QED) is 0.862. The maximum absolute atomic E-state index is 3.90. The second kappa shape index (κ2) is 6.07. The van der Waals surface area contributed by atoms with Crippen molar-refractivity contribution in [3.05, 3.63) is 20.3 Å². The number of hydrogen-bond acceptors (Lipinski definition) is 3. The van der Waals surface area contributed by atoms with Crippen molar-refractivity contribution in [3.63, 3.8) is 0 Å². The zero-order valence-electron chi connectivity index (χ0n) is 12.5. The van der Waals surface area contributed by atoms with Gasteiger partial charge in [-0.3, -0.25) is 0 Å². The highest BCUT2D eigenvalue weighted by molar-refractivity contribution is 9.11. The first-order chi connectivity index (χ1) is 9.61. The van der Waals surface area contributed by atoms with Crippen molar-refractivity contribution in [2.24, 2.45) is 0 Å². The van der Waals surface area contributed by atoms with E-state index in [2.05, 4.69) is 46.3 Å². The second-order valence-corrected chi connectivity index (χ2v) is 9.10. The van der Waals surface area contributed by atoms with E-state index >= 15 is 0 Å². The molecule has 1 heterocycles. The average molecular weight is 357 g/mol. The van der Waals surface area contributed by atoms with Crippen LogP contribution in [0.15, 0.2) is 9.85 Å². The number of thiophene rings is 1. The van der Waals surface area contributed by atoms with Crippen LogP contribution in [0, 0.1) is 0 Å². The number of likely N-dealkylation sites (N-methyl/N-ethyl adjacent to an activating group) is 1. The number of rotatable bonds is 4. The van der Waals surface area contributed by atoms with Crippen LogP contribution in [0.25, 0.3) is 0 Å². The van der Waals surface area contributed by atoms with E-state index in [-0.39, 0.29) is 0 Å². The molecule has 1 aromatic rings. The smallest absolute Gasteiger partial charge is 0.0704 e. The second-order valence-electron chi connectivity index (χ2n) is 6.58. The summed E-state index contributed by atoms with van der Waals surface area (Å²) in [6, 6.07) is 2.91. The minimum atomic E-state index is 0.394. The van der Waals surface area contributed by atoms with Crippen molar-refractivity contribution >= 4 is 27.3 Å². The first-order valence-electron chi connectivity index (χ1n) is 7.80. The molecule has 0 aromatic carbocycles. The van der Waals surface area contributed by atoms with E-state index in [1.54, 1.807) is 10.4 Å². The Morgan fingerprint density at radius 3 is 2.80 bits per heavy atom. The molecule has 20 heavy (non-hydrogen) atoms. The molecule has 1 unspecified atom stereocenters. The van der Waals surface area contributed by atoms with Gasteiger partial charge in [0.05, 0.1) is 3.79 Å². The van der Waals surface area contributed by atoms with E-state index < -0.39 is 0 Å². The van der Waals surface area contributed by atoms with Crippen molar-refractivity contribution < 1.29 is 0 Å². The van der Waals surface area contributed by atoms with Crippen molar-refractivity contribution in [1.29, 1.82) is 0 Å². The number of nitrogens with zero attached hydrogens (tertiary/aromatic N) is 1. The molecule has 0 saturated heterocycles. The highest BCUT2D eigenvalue weighted by Crippen LogP contribution is 2.39. The molecular formula is C16H25BrN2S. The molecular weight excluding hydrogens is 332 g/mol. The van der Waals surface area contributed by atoms with Crippen molar-refractivity contribution in [1.82, 2.24) is 10.2 Å². The fraction of sp³-hybridized carbons (Fsp3) is 0.750. The van der Waals surface area contributed by atoms with E-state index in [0.29, 0.717) is 11.6 Å². The monoisotopic (exact) mass is 356 g/mol.